The molecule has 16 heavy (non-hydrogen) atoms. The maximum atomic E-state index is 11.2. The molecule has 0 aliphatic heterocycles. The second-order valence-electron chi connectivity index (χ2n) is 3.41. The van der Waals surface area contributed by atoms with Crippen LogP contribution in [0.25, 0.3) is 5.65 Å². The number of pyridine rings is 1. The molecule has 0 radical (unpaired) electrons. The van der Waals surface area contributed by atoms with Crippen LogP contribution < -0.4 is 5.32 Å². The van der Waals surface area contributed by atoms with Crippen molar-refractivity contribution in [1.82, 2.24) is 19.9 Å². The Kier molecular flexibility index (Phi) is 3.05. The van der Waals surface area contributed by atoms with Gasteiger partial charge < -0.3 is 5.32 Å². The van der Waals surface area contributed by atoms with E-state index in [4.69, 9.17) is 11.6 Å². The fourth-order valence-corrected chi connectivity index (χ4v) is 1.58. The van der Waals surface area contributed by atoms with E-state index in [2.05, 4.69) is 15.5 Å². The number of halogens is 1. The summed E-state index contributed by atoms with van der Waals surface area (Å²) in [7, 11) is 0. The van der Waals surface area contributed by atoms with Crippen molar-refractivity contribution in [3.63, 3.8) is 0 Å². The summed E-state index contributed by atoms with van der Waals surface area (Å²) < 4.78 is 1.83. The van der Waals surface area contributed by atoms with Gasteiger partial charge in [-0.05, 0) is 19.1 Å². The van der Waals surface area contributed by atoms with E-state index >= 15 is 0 Å². The number of hydrogen-bond donors (Lipinski definition) is 1. The first-order valence-corrected chi connectivity index (χ1v) is 5.41. The molecular weight excluding hydrogens is 228 g/mol. The fourth-order valence-electron chi connectivity index (χ4n) is 1.50. The number of rotatable bonds is 3. The Bertz CT molecular complexity index is 510. The Morgan fingerprint density at radius 1 is 1.56 bits per heavy atom. The van der Waals surface area contributed by atoms with Crippen molar-refractivity contribution < 1.29 is 4.79 Å². The summed E-state index contributed by atoms with van der Waals surface area (Å²) in [6.07, 6.45) is 1.86. The number of fused-ring (bicyclic) bond motifs is 1. The predicted octanol–water partition coefficient (Wildman–Crippen LogP) is 1.15. The van der Waals surface area contributed by atoms with Crippen LogP contribution in [0.2, 0.25) is 0 Å². The van der Waals surface area contributed by atoms with E-state index < -0.39 is 0 Å². The molecule has 2 aromatic heterocycles. The zero-order valence-corrected chi connectivity index (χ0v) is 9.48. The number of carbonyl (C=O) groups is 1. The SMILES string of the molecule is CC(NC(=O)CCl)c1nnc2ccccn12. The van der Waals surface area contributed by atoms with Gasteiger partial charge in [0.25, 0.3) is 0 Å². The van der Waals surface area contributed by atoms with Crippen LogP contribution in [-0.4, -0.2) is 26.4 Å². The molecule has 1 N–H and O–H groups in total. The lowest BCUT2D eigenvalue weighted by Crippen LogP contribution is -2.28. The normalized spacial score (nSPS) is 12.6. The molecule has 0 saturated carbocycles. The van der Waals surface area contributed by atoms with Crippen molar-refractivity contribution in [3.8, 4) is 0 Å². The van der Waals surface area contributed by atoms with E-state index in [0.717, 1.165) is 5.65 Å². The summed E-state index contributed by atoms with van der Waals surface area (Å²) in [5.41, 5.74) is 0.754. The molecule has 1 atom stereocenters. The second kappa shape index (κ2) is 4.49. The number of nitrogens with zero attached hydrogens (tertiary/aromatic N) is 3. The van der Waals surface area contributed by atoms with Crippen LogP contribution in [0.5, 0.6) is 0 Å². The average Bonchev–Trinajstić information content (AvgIpc) is 2.72. The van der Waals surface area contributed by atoms with Gasteiger partial charge in [0.1, 0.15) is 5.88 Å². The maximum Gasteiger partial charge on any atom is 0.235 e. The number of carbonyl (C=O) groups excluding carboxylic acids is 1. The highest BCUT2D eigenvalue weighted by molar-refractivity contribution is 6.27. The number of alkyl halides is 1. The molecule has 1 unspecified atom stereocenters. The molecule has 5 nitrogen and oxygen atoms in total. The second-order valence-corrected chi connectivity index (χ2v) is 3.68. The van der Waals surface area contributed by atoms with Crippen molar-refractivity contribution in [2.75, 3.05) is 5.88 Å². The molecule has 0 aliphatic carbocycles. The molecule has 84 valence electrons. The van der Waals surface area contributed by atoms with Crippen molar-refractivity contribution in [3.05, 3.63) is 30.2 Å². The minimum atomic E-state index is -0.221. The van der Waals surface area contributed by atoms with Gasteiger partial charge in [-0.25, -0.2) is 0 Å². The number of aromatic nitrogens is 3. The molecule has 1 amide bonds. The topological polar surface area (TPSA) is 59.3 Å². The highest BCUT2D eigenvalue weighted by atomic mass is 35.5. The molecule has 2 heterocycles. The molecule has 0 aromatic carbocycles. The van der Waals surface area contributed by atoms with E-state index in [0.29, 0.717) is 5.82 Å². The van der Waals surface area contributed by atoms with Gasteiger partial charge in [0, 0.05) is 6.20 Å². The lowest BCUT2D eigenvalue weighted by atomic mass is 10.3. The van der Waals surface area contributed by atoms with Crippen molar-refractivity contribution in [1.29, 1.82) is 0 Å². The Morgan fingerprint density at radius 2 is 2.38 bits per heavy atom. The van der Waals surface area contributed by atoms with Crippen molar-refractivity contribution >= 4 is 23.2 Å². The fraction of sp³-hybridized carbons (Fsp3) is 0.300. The molecule has 0 fully saturated rings. The largest absolute Gasteiger partial charge is 0.345 e. The van der Waals surface area contributed by atoms with Gasteiger partial charge in [0.15, 0.2) is 11.5 Å². The quantitative estimate of drug-likeness (QED) is 0.816. The van der Waals surface area contributed by atoms with E-state index in [1.54, 1.807) is 0 Å². The Balaban J connectivity index is 2.29. The molecule has 0 spiro atoms. The number of amides is 1. The maximum absolute atomic E-state index is 11.2. The lowest BCUT2D eigenvalue weighted by molar-refractivity contribution is -0.119. The minimum Gasteiger partial charge on any atom is -0.345 e. The predicted molar refractivity (Wildman–Crippen MR) is 60.3 cm³/mol. The third kappa shape index (κ3) is 1.99. The van der Waals surface area contributed by atoms with Gasteiger partial charge in [-0.3, -0.25) is 9.20 Å². The summed E-state index contributed by atoms with van der Waals surface area (Å²) in [6, 6.07) is 5.40. The van der Waals surface area contributed by atoms with Crippen LogP contribution in [0.3, 0.4) is 0 Å². The molecule has 0 aliphatic rings. The lowest BCUT2D eigenvalue weighted by Gasteiger charge is -2.10. The van der Waals surface area contributed by atoms with Crippen LogP contribution in [0.1, 0.15) is 18.8 Å². The molecule has 6 heteroatoms. The molecule has 2 aromatic rings. The zero-order valence-electron chi connectivity index (χ0n) is 8.72. The van der Waals surface area contributed by atoms with Gasteiger partial charge in [-0.1, -0.05) is 6.07 Å². The van der Waals surface area contributed by atoms with Crippen LogP contribution in [0.4, 0.5) is 0 Å². The zero-order chi connectivity index (χ0) is 11.5. The highest BCUT2D eigenvalue weighted by Gasteiger charge is 2.14. The Labute approximate surface area is 97.4 Å². The summed E-state index contributed by atoms with van der Waals surface area (Å²) in [4.78, 5) is 11.2. The van der Waals surface area contributed by atoms with Gasteiger partial charge in [-0.15, -0.1) is 21.8 Å². The van der Waals surface area contributed by atoms with Gasteiger partial charge in [0.05, 0.1) is 6.04 Å². The summed E-state index contributed by atoms with van der Waals surface area (Å²) >= 11 is 5.42. The first-order valence-electron chi connectivity index (χ1n) is 4.87. The Morgan fingerprint density at radius 3 is 3.12 bits per heavy atom. The first kappa shape index (κ1) is 10.9. The smallest absolute Gasteiger partial charge is 0.235 e. The molecule has 0 bridgehead atoms. The van der Waals surface area contributed by atoms with Crippen LogP contribution in [-0.2, 0) is 4.79 Å². The summed E-state index contributed by atoms with van der Waals surface area (Å²) in [5.74, 6) is 0.414. The van der Waals surface area contributed by atoms with Crippen LogP contribution in [0, 0.1) is 0 Å². The molecule has 2 rings (SSSR count). The van der Waals surface area contributed by atoms with Gasteiger partial charge in [-0.2, -0.15) is 0 Å². The van der Waals surface area contributed by atoms with Crippen LogP contribution >= 0.6 is 11.6 Å². The van der Waals surface area contributed by atoms with Gasteiger partial charge >= 0.3 is 0 Å². The monoisotopic (exact) mass is 238 g/mol. The molecule has 0 saturated heterocycles. The van der Waals surface area contributed by atoms with E-state index in [9.17, 15) is 4.79 Å². The first-order chi connectivity index (χ1) is 7.72. The van der Waals surface area contributed by atoms with Gasteiger partial charge in [0.2, 0.25) is 5.91 Å². The third-order valence-corrected chi connectivity index (χ3v) is 2.47. The standard InChI is InChI=1S/C10H11ClN4O/c1-7(12-9(16)6-11)10-14-13-8-4-2-3-5-15(8)10/h2-5,7H,6H2,1H3,(H,12,16). The van der Waals surface area contributed by atoms with E-state index in [-0.39, 0.29) is 17.8 Å². The number of hydrogen-bond acceptors (Lipinski definition) is 3. The molecular formula is C10H11ClN4O. The Hall–Kier alpha value is -1.62. The summed E-state index contributed by atoms with van der Waals surface area (Å²) in [6.45, 7) is 1.84. The number of nitrogens with one attached hydrogen (secondary N) is 1. The van der Waals surface area contributed by atoms with Crippen molar-refractivity contribution in [2.24, 2.45) is 0 Å². The highest BCUT2D eigenvalue weighted by Crippen LogP contribution is 2.11. The van der Waals surface area contributed by atoms with E-state index in [1.807, 2.05) is 35.7 Å². The third-order valence-electron chi connectivity index (χ3n) is 2.23. The summed E-state index contributed by atoms with van der Waals surface area (Å²) in [5, 5.41) is 10.8. The minimum absolute atomic E-state index is 0.0545. The van der Waals surface area contributed by atoms with Crippen LogP contribution in [0.15, 0.2) is 24.4 Å². The van der Waals surface area contributed by atoms with Crippen molar-refractivity contribution in [2.45, 2.75) is 13.0 Å². The average molecular weight is 239 g/mol. The van der Waals surface area contributed by atoms with E-state index in [1.165, 1.54) is 0 Å².